The van der Waals surface area contributed by atoms with Crippen LogP contribution in [0, 0.1) is 13.8 Å². The summed E-state index contributed by atoms with van der Waals surface area (Å²) in [5.74, 6) is 0. The van der Waals surface area contributed by atoms with E-state index in [9.17, 15) is 5.11 Å². The number of nitrogens with one attached hydrogen (secondary N) is 1. The minimum Gasteiger partial charge on any atom is -0.394 e. The minimum atomic E-state index is -0.0122. The summed E-state index contributed by atoms with van der Waals surface area (Å²) in [7, 11) is 0. The van der Waals surface area contributed by atoms with Crippen LogP contribution in [0.4, 0.5) is 0 Å². The zero-order valence-corrected chi connectivity index (χ0v) is 11.0. The van der Waals surface area contributed by atoms with Gasteiger partial charge in [-0.05, 0) is 26.7 Å². The molecule has 1 aliphatic carbocycles. The first kappa shape index (κ1) is 11.2. The first-order chi connectivity index (χ1) is 8.13. The summed E-state index contributed by atoms with van der Waals surface area (Å²) in [5, 5.41) is 12.7. The summed E-state index contributed by atoms with van der Waals surface area (Å²) in [6.07, 6.45) is 4.29. The van der Waals surface area contributed by atoms with Crippen molar-refractivity contribution >= 4 is 16.3 Å². The van der Waals surface area contributed by atoms with Crippen molar-refractivity contribution < 1.29 is 5.11 Å². The maximum atomic E-state index is 9.29. The van der Waals surface area contributed by atoms with E-state index in [0.717, 1.165) is 30.0 Å². The molecule has 0 amide bonds. The third-order valence-electron chi connectivity index (χ3n) is 3.53. The predicted octanol–water partition coefficient (Wildman–Crippen LogP) is 1.63. The van der Waals surface area contributed by atoms with Crippen LogP contribution in [0.15, 0.2) is 6.20 Å². The number of aliphatic hydroxyl groups excluding tert-OH is 1. The topological polar surface area (TPSA) is 49.6 Å². The highest BCUT2D eigenvalue weighted by atomic mass is 32.1. The van der Waals surface area contributed by atoms with Gasteiger partial charge in [0.25, 0.3) is 0 Å². The number of aryl methyl sites for hydroxylation is 2. The van der Waals surface area contributed by atoms with Crippen molar-refractivity contribution in [3.05, 3.63) is 22.5 Å². The van der Waals surface area contributed by atoms with E-state index in [-0.39, 0.29) is 12.1 Å². The number of fused-ring (bicyclic) bond motifs is 1. The number of thiazole rings is 1. The molecule has 0 saturated heterocycles. The minimum absolute atomic E-state index is 0.0122. The molecule has 92 valence electrons. The smallest absolute Gasteiger partial charge is 0.194 e. The molecule has 0 unspecified atom stereocenters. The lowest BCUT2D eigenvalue weighted by molar-refractivity contribution is 0.229. The number of aromatic nitrogens is 2. The molecule has 0 spiro atoms. The molecule has 2 N–H and O–H groups in total. The summed E-state index contributed by atoms with van der Waals surface area (Å²) < 4.78 is 2.16. The van der Waals surface area contributed by atoms with Gasteiger partial charge in [0.1, 0.15) is 0 Å². The number of hydrogen-bond acceptors (Lipinski definition) is 4. The van der Waals surface area contributed by atoms with Crippen molar-refractivity contribution in [1.29, 1.82) is 0 Å². The van der Waals surface area contributed by atoms with Gasteiger partial charge in [-0.3, -0.25) is 4.40 Å². The lowest BCUT2D eigenvalue weighted by Gasteiger charge is -2.13. The zero-order chi connectivity index (χ0) is 12.0. The Morgan fingerprint density at radius 2 is 2.29 bits per heavy atom. The van der Waals surface area contributed by atoms with Crippen LogP contribution in [0.5, 0.6) is 0 Å². The zero-order valence-electron chi connectivity index (χ0n) is 10.2. The first-order valence-electron chi connectivity index (χ1n) is 5.93. The number of nitrogens with zero attached hydrogens (tertiary/aromatic N) is 2. The molecule has 0 bridgehead atoms. The molecule has 1 fully saturated rings. The Morgan fingerprint density at radius 1 is 1.53 bits per heavy atom. The Hall–Kier alpha value is -0.910. The molecule has 2 aromatic heterocycles. The Morgan fingerprint density at radius 3 is 2.94 bits per heavy atom. The summed E-state index contributed by atoms with van der Waals surface area (Å²) in [4.78, 5) is 6.90. The van der Waals surface area contributed by atoms with Crippen LogP contribution in [0.1, 0.15) is 29.1 Å². The molecule has 1 saturated carbocycles. The first-order valence-corrected chi connectivity index (χ1v) is 6.75. The molecule has 5 heteroatoms. The Kier molecular flexibility index (Phi) is 2.50. The van der Waals surface area contributed by atoms with E-state index in [4.69, 9.17) is 0 Å². The largest absolute Gasteiger partial charge is 0.394 e. The van der Waals surface area contributed by atoms with Gasteiger partial charge in [0.05, 0.1) is 18.0 Å². The fourth-order valence-electron chi connectivity index (χ4n) is 2.13. The van der Waals surface area contributed by atoms with Crippen molar-refractivity contribution in [2.75, 3.05) is 6.61 Å². The van der Waals surface area contributed by atoms with Crippen LogP contribution in [0.3, 0.4) is 0 Å². The second kappa shape index (κ2) is 3.80. The molecular formula is C12H17N3OS. The molecule has 0 atom stereocenters. The lowest BCUT2D eigenvalue weighted by atomic mass is 10.2. The van der Waals surface area contributed by atoms with Crippen molar-refractivity contribution in [2.24, 2.45) is 0 Å². The third-order valence-corrected chi connectivity index (χ3v) is 4.43. The van der Waals surface area contributed by atoms with E-state index in [0.29, 0.717) is 0 Å². The van der Waals surface area contributed by atoms with Crippen LogP contribution < -0.4 is 5.32 Å². The van der Waals surface area contributed by atoms with Crippen LogP contribution >= 0.6 is 11.3 Å². The number of aliphatic hydroxyl groups is 1. The van der Waals surface area contributed by atoms with E-state index >= 15 is 0 Å². The number of imidazole rings is 1. The standard InChI is InChI=1S/C12H17N3OS/c1-8-6-15-10(9(2)14-11(15)17-8)5-13-12(7-16)3-4-12/h6,13,16H,3-5,7H2,1-2H3. The van der Waals surface area contributed by atoms with Gasteiger partial charge >= 0.3 is 0 Å². The number of rotatable bonds is 4. The van der Waals surface area contributed by atoms with E-state index in [1.54, 1.807) is 11.3 Å². The van der Waals surface area contributed by atoms with Crippen molar-refractivity contribution in [3.8, 4) is 0 Å². The highest BCUT2D eigenvalue weighted by molar-refractivity contribution is 7.17. The summed E-state index contributed by atoms with van der Waals surface area (Å²) in [6, 6.07) is 0. The molecule has 1 aliphatic rings. The van der Waals surface area contributed by atoms with Crippen LogP contribution in [0.2, 0.25) is 0 Å². The van der Waals surface area contributed by atoms with Crippen LogP contribution in [-0.2, 0) is 6.54 Å². The highest BCUT2D eigenvalue weighted by Gasteiger charge is 2.41. The number of hydrogen-bond donors (Lipinski definition) is 2. The molecule has 0 aliphatic heterocycles. The van der Waals surface area contributed by atoms with Gasteiger partial charge in [0, 0.05) is 23.2 Å². The van der Waals surface area contributed by atoms with E-state index in [2.05, 4.69) is 27.8 Å². The Balaban J connectivity index is 1.86. The molecule has 17 heavy (non-hydrogen) atoms. The maximum absolute atomic E-state index is 9.29. The SMILES string of the molecule is Cc1cn2c(CNC3(CO)CC3)c(C)nc2s1. The predicted molar refractivity (Wildman–Crippen MR) is 68.4 cm³/mol. The average molecular weight is 251 g/mol. The second-order valence-electron chi connectivity index (χ2n) is 4.93. The van der Waals surface area contributed by atoms with E-state index in [1.165, 1.54) is 10.6 Å². The van der Waals surface area contributed by atoms with E-state index < -0.39 is 0 Å². The van der Waals surface area contributed by atoms with Crippen molar-refractivity contribution in [1.82, 2.24) is 14.7 Å². The summed E-state index contributed by atoms with van der Waals surface area (Å²) in [6.45, 7) is 5.16. The lowest BCUT2D eigenvalue weighted by Crippen LogP contribution is -2.34. The van der Waals surface area contributed by atoms with Gasteiger partial charge in [0.15, 0.2) is 4.96 Å². The molecule has 2 heterocycles. The molecule has 3 rings (SSSR count). The monoisotopic (exact) mass is 251 g/mol. The molecule has 2 aromatic rings. The molecule has 0 radical (unpaired) electrons. The highest BCUT2D eigenvalue weighted by Crippen LogP contribution is 2.35. The molecule has 0 aromatic carbocycles. The fourth-order valence-corrected chi connectivity index (χ4v) is 3.02. The van der Waals surface area contributed by atoms with Gasteiger partial charge < -0.3 is 10.4 Å². The second-order valence-corrected chi connectivity index (χ2v) is 6.14. The van der Waals surface area contributed by atoms with Gasteiger partial charge in [-0.2, -0.15) is 0 Å². The Labute approximate surface area is 104 Å². The van der Waals surface area contributed by atoms with Gasteiger partial charge in [-0.1, -0.05) is 0 Å². The quantitative estimate of drug-likeness (QED) is 0.868. The van der Waals surface area contributed by atoms with Crippen LogP contribution in [0.25, 0.3) is 4.96 Å². The summed E-state index contributed by atoms with van der Waals surface area (Å²) in [5.41, 5.74) is 2.28. The van der Waals surface area contributed by atoms with E-state index in [1.807, 2.05) is 6.92 Å². The van der Waals surface area contributed by atoms with Gasteiger partial charge in [-0.15, -0.1) is 11.3 Å². The molecule has 4 nitrogen and oxygen atoms in total. The maximum Gasteiger partial charge on any atom is 0.194 e. The fraction of sp³-hybridized carbons (Fsp3) is 0.583. The van der Waals surface area contributed by atoms with Crippen molar-refractivity contribution in [3.63, 3.8) is 0 Å². The summed E-state index contributed by atoms with van der Waals surface area (Å²) >= 11 is 1.72. The van der Waals surface area contributed by atoms with Crippen LogP contribution in [-0.4, -0.2) is 26.6 Å². The average Bonchev–Trinajstić information content (AvgIpc) is 2.91. The molecular weight excluding hydrogens is 234 g/mol. The van der Waals surface area contributed by atoms with Gasteiger partial charge in [-0.25, -0.2) is 4.98 Å². The van der Waals surface area contributed by atoms with Gasteiger partial charge in [0.2, 0.25) is 0 Å². The normalized spacial score (nSPS) is 17.8. The Bertz CT molecular complexity index is 553. The third kappa shape index (κ3) is 1.88. The van der Waals surface area contributed by atoms with Crippen molar-refractivity contribution in [2.45, 2.75) is 38.8 Å².